The van der Waals surface area contributed by atoms with Crippen LogP contribution < -0.4 is 5.32 Å². The predicted octanol–water partition coefficient (Wildman–Crippen LogP) is 0.559. The molecule has 2 nitrogen and oxygen atoms in total. The third-order valence-corrected chi connectivity index (χ3v) is 2.10. The fourth-order valence-corrected chi connectivity index (χ4v) is 1.32. The van der Waals surface area contributed by atoms with E-state index in [1.54, 1.807) is 0 Å². The van der Waals surface area contributed by atoms with E-state index in [0.29, 0.717) is 15.2 Å². The first kappa shape index (κ1) is 16.3. The van der Waals surface area contributed by atoms with Gasteiger partial charge in [-0.25, -0.2) is 0 Å². The first-order valence-electron chi connectivity index (χ1n) is 3.48. The Morgan fingerprint density at radius 2 is 1.92 bits per heavy atom. The van der Waals surface area contributed by atoms with Crippen molar-refractivity contribution < 1.29 is 19.5 Å². The molecule has 0 spiro atoms. The van der Waals surface area contributed by atoms with Crippen molar-refractivity contribution in [3.63, 3.8) is 0 Å². The van der Waals surface area contributed by atoms with Crippen LogP contribution in [-0.2, 0) is 44.7 Å². The van der Waals surface area contributed by atoms with Crippen molar-refractivity contribution in [1.82, 2.24) is 10.2 Å². The Morgan fingerprint density at radius 1 is 1.38 bits per heavy atom. The summed E-state index contributed by atoms with van der Waals surface area (Å²) in [6.07, 6.45) is 0. The van der Waals surface area contributed by atoms with Gasteiger partial charge in [0.05, 0.1) is 0 Å². The number of hydrogen-bond donors (Lipinski definition) is 1. The topological polar surface area (TPSA) is 15.3 Å². The molecule has 70 valence electrons. The quantitative estimate of drug-likeness (QED) is 0.460. The van der Waals surface area contributed by atoms with Crippen molar-refractivity contribution in [2.45, 2.75) is 6.92 Å². The Bertz CT molecular complexity index is 176. The van der Waals surface area contributed by atoms with E-state index < -0.39 is 0 Å². The van der Waals surface area contributed by atoms with Crippen molar-refractivity contribution in [2.75, 3.05) is 19.6 Å². The molecular formula is C6H10N2S4Zn. The minimum absolute atomic E-state index is 0. The van der Waals surface area contributed by atoms with E-state index in [-0.39, 0.29) is 19.5 Å². The monoisotopic (exact) mass is 302 g/mol. The standard InChI is InChI=1S/C6H12N2S4.Zn/c1-2-8(6(11)12)4-3-7-5(9)10;/h2-4H2,1H3,(H,11,12)(H2,7,9,10);/q;+2/p-2. The zero-order valence-electron chi connectivity index (χ0n) is 7.41. The minimum atomic E-state index is 0. The third-order valence-electron chi connectivity index (χ3n) is 1.29. The minimum Gasteiger partial charge on any atom is -0.412 e. The average molecular weight is 304 g/mol. The van der Waals surface area contributed by atoms with Gasteiger partial charge in [0.15, 0.2) is 0 Å². The number of hydrogen-bond acceptors (Lipinski definition) is 4. The molecule has 0 aliphatic rings. The van der Waals surface area contributed by atoms with Gasteiger partial charge in [-0.15, -0.1) is 0 Å². The largest absolute Gasteiger partial charge is 2.00 e. The van der Waals surface area contributed by atoms with Crippen molar-refractivity contribution in [2.24, 2.45) is 0 Å². The second-order valence-corrected chi connectivity index (χ2v) is 4.17. The fraction of sp³-hybridized carbons (Fsp3) is 0.667. The normalized spacial score (nSPS) is 8.38. The maximum atomic E-state index is 4.85. The van der Waals surface area contributed by atoms with Gasteiger partial charge in [0.25, 0.3) is 0 Å². The van der Waals surface area contributed by atoms with Crippen LogP contribution in [0.2, 0.25) is 0 Å². The summed E-state index contributed by atoms with van der Waals surface area (Å²) in [5.41, 5.74) is 0. The summed E-state index contributed by atoms with van der Waals surface area (Å²) in [5, 5.41) is 2.86. The number of likely N-dealkylation sites (N-methyl/N-ethyl adjacent to an activating group) is 1. The molecule has 1 N–H and O–H groups in total. The average Bonchev–Trinajstić information content (AvgIpc) is 1.96. The van der Waals surface area contributed by atoms with Crippen LogP contribution in [0.15, 0.2) is 0 Å². The van der Waals surface area contributed by atoms with Crippen LogP contribution >= 0.6 is 24.4 Å². The first-order valence-corrected chi connectivity index (χ1v) is 5.12. The molecule has 0 amide bonds. The molecular weight excluding hydrogens is 294 g/mol. The molecule has 0 aromatic rings. The smallest absolute Gasteiger partial charge is 0.412 e. The van der Waals surface area contributed by atoms with E-state index in [2.05, 4.69) is 30.2 Å². The number of rotatable bonds is 4. The number of nitrogens with zero attached hydrogens (tertiary/aromatic N) is 1. The second kappa shape index (κ2) is 9.40. The van der Waals surface area contributed by atoms with Crippen LogP contribution in [0, 0.1) is 0 Å². The van der Waals surface area contributed by atoms with E-state index in [0.717, 1.165) is 13.1 Å². The van der Waals surface area contributed by atoms with Crippen LogP contribution in [0.25, 0.3) is 0 Å². The van der Waals surface area contributed by atoms with Crippen LogP contribution in [0.5, 0.6) is 0 Å². The van der Waals surface area contributed by atoms with Gasteiger partial charge in [-0.05, 0) is 6.92 Å². The van der Waals surface area contributed by atoms with Crippen LogP contribution in [0.1, 0.15) is 6.92 Å². The Hall–Kier alpha value is 0.843. The molecule has 0 aromatic heterocycles. The summed E-state index contributed by atoms with van der Waals surface area (Å²) in [6.45, 7) is 4.29. The summed E-state index contributed by atoms with van der Waals surface area (Å²) in [5.74, 6) is 0. The summed E-state index contributed by atoms with van der Waals surface area (Å²) < 4.78 is 0.885. The van der Waals surface area contributed by atoms with Gasteiger partial charge >= 0.3 is 19.5 Å². The Kier molecular flexibility index (Phi) is 11.8. The maximum absolute atomic E-state index is 4.85. The summed E-state index contributed by atoms with van der Waals surface area (Å²) in [7, 11) is 0. The first-order chi connectivity index (χ1) is 5.57. The maximum Gasteiger partial charge on any atom is 2.00 e. The zero-order valence-corrected chi connectivity index (χ0v) is 13.6. The molecule has 0 saturated carbocycles. The van der Waals surface area contributed by atoms with Crippen LogP contribution in [0.4, 0.5) is 0 Å². The van der Waals surface area contributed by atoms with Gasteiger partial charge in [0.2, 0.25) is 0 Å². The van der Waals surface area contributed by atoms with Crippen molar-refractivity contribution in [1.29, 1.82) is 0 Å². The molecule has 0 unspecified atom stereocenters. The third kappa shape index (κ3) is 9.15. The van der Waals surface area contributed by atoms with Crippen molar-refractivity contribution in [3.05, 3.63) is 0 Å². The van der Waals surface area contributed by atoms with E-state index >= 15 is 0 Å². The molecule has 0 aliphatic heterocycles. The number of nitrogens with one attached hydrogen (secondary N) is 1. The molecule has 0 atom stereocenters. The summed E-state index contributed by atoms with van der Waals surface area (Å²) >= 11 is 19.0. The van der Waals surface area contributed by atoms with Gasteiger partial charge < -0.3 is 59.9 Å². The Balaban J connectivity index is 0. The summed E-state index contributed by atoms with van der Waals surface area (Å²) in [6, 6.07) is 0. The van der Waals surface area contributed by atoms with Gasteiger partial charge in [-0.3, -0.25) is 0 Å². The van der Waals surface area contributed by atoms with Crippen molar-refractivity contribution in [3.8, 4) is 0 Å². The SMILES string of the molecule is CCN(CCNC(=S)[S-])C(=S)[S-].[Zn+2]. The molecule has 0 rings (SSSR count). The Labute approximate surface area is 114 Å². The van der Waals surface area contributed by atoms with Gasteiger partial charge in [-0.1, -0.05) is 8.64 Å². The van der Waals surface area contributed by atoms with Crippen molar-refractivity contribution >= 4 is 58.3 Å². The molecule has 0 heterocycles. The molecule has 0 radical (unpaired) electrons. The fourth-order valence-electron chi connectivity index (χ4n) is 0.671. The van der Waals surface area contributed by atoms with Crippen LogP contribution in [0.3, 0.4) is 0 Å². The van der Waals surface area contributed by atoms with E-state index in [9.17, 15) is 0 Å². The van der Waals surface area contributed by atoms with E-state index in [4.69, 9.17) is 24.8 Å². The molecule has 0 aliphatic carbocycles. The molecule has 0 fully saturated rings. The molecule has 7 heteroatoms. The second-order valence-electron chi connectivity index (χ2n) is 2.06. The summed E-state index contributed by atoms with van der Waals surface area (Å²) in [4.78, 5) is 1.91. The van der Waals surface area contributed by atoms with Gasteiger partial charge in [0.1, 0.15) is 0 Å². The van der Waals surface area contributed by atoms with Gasteiger partial charge in [0, 0.05) is 19.6 Å². The van der Waals surface area contributed by atoms with E-state index in [1.165, 1.54) is 0 Å². The number of thiocarbonyl (C=S) groups is 2. The predicted molar refractivity (Wildman–Crippen MR) is 65.2 cm³/mol. The molecule has 0 bridgehead atoms. The van der Waals surface area contributed by atoms with Gasteiger partial charge in [-0.2, -0.15) is 0 Å². The molecule has 0 aromatic carbocycles. The van der Waals surface area contributed by atoms with Crippen LogP contribution in [-0.4, -0.2) is 33.2 Å². The van der Waals surface area contributed by atoms with E-state index in [1.807, 2.05) is 11.8 Å². The molecule has 13 heavy (non-hydrogen) atoms. The molecule has 0 saturated heterocycles. The Morgan fingerprint density at radius 3 is 2.23 bits per heavy atom. The zero-order chi connectivity index (χ0) is 9.56.